The summed E-state index contributed by atoms with van der Waals surface area (Å²) in [6.07, 6.45) is 15.8. The van der Waals surface area contributed by atoms with Gasteiger partial charge >= 0.3 is 6.01 Å². The Morgan fingerprint density at radius 3 is 2.61 bits per heavy atom. The fourth-order valence-corrected chi connectivity index (χ4v) is 6.30. The van der Waals surface area contributed by atoms with Crippen molar-refractivity contribution in [2.75, 3.05) is 37.7 Å². The van der Waals surface area contributed by atoms with E-state index in [-0.39, 0.29) is 23.1 Å². The summed E-state index contributed by atoms with van der Waals surface area (Å²) in [6.45, 7) is 17.9. The molecule has 1 aliphatic heterocycles. The minimum absolute atomic E-state index is 0.0510. The molecule has 2 atom stereocenters. The van der Waals surface area contributed by atoms with Gasteiger partial charge in [0.2, 0.25) is 0 Å². The number of nitrogens with one attached hydrogen (secondary N) is 1. The van der Waals surface area contributed by atoms with E-state index in [1.165, 1.54) is 25.7 Å². The number of aromatic nitrogens is 2. The average Bonchev–Trinajstić information content (AvgIpc) is 3.28. The zero-order chi connectivity index (χ0) is 33.7. The maximum Gasteiger partial charge on any atom is 0.318 e. The van der Waals surface area contributed by atoms with Crippen molar-refractivity contribution in [3.8, 4) is 6.01 Å². The van der Waals surface area contributed by atoms with Gasteiger partial charge < -0.3 is 20.7 Å². The summed E-state index contributed by atoms with van der Waals surface area (Å²) in [5, 5.41) is 2.77. The number of amides is 1. The summed E-state index contributed by atoms with van der Waals surface area (Å²) >= 11 is 3.81. The predicted octanol–water partition coefficient (Wildman–Crippen LogP) is 7.65. The van der Waals surface area contributed by atoms with Gasteiger partial charge in [0.05, 0.1) is 41.5 Å². The van der Waals surface area contributed by atoms with Gasteiger partial charge in [0.1, 0.15) is 5.82 Å². The van der Waals surface area contributed by atoms with E-state index >= 15 is 0 Å². The van der Waals surface area contributed by atoms with Crippen LogP contribution in [-0.4, -0.2) is 66.1 Å². The van der Waals surface area contributed by atoms with Gasteiger partial charge in [-0.1, -0.05) is 65.9 Å². The van der Waals surface area contributed by atoms with Crippen LogP contribution in [0.25, 0.3) is 11.6 Å². The minimum atomic E-state index is -0.293. The van der Waals surface area contributed by atoms with Crippen molar-refractivity contribution in [2.45, 2.75) is 112 Å². The van der Waals surface area contributed by atoms with E-state index in [1.54, 1.807) is 6.08 Å². The van der Waals surface area contributed by atoms with Gasteiger partial charge in [-0.15, -0.1) is 0 Å². The molecule has 0 saturated carbocycles. The Balaban J connectivity index is 2.11. The summed E-state index contributed by atoms with van der Waals surface area (Å²) < 4.78 is 7.43. The molecular weight excluding hydrogens is 642 g/mol. The molecule has 1 aliphatic carbocycles. The molecule has 0 bridgehead atoms. The molecule has 1 amide bonds. The summed E-state index contributed by atoms with van der Waals surface area (Å²) in [4.78, 5) is 34.6. The lowest BCUT2D eigenvalue weighted by Gasteiger charge is -2.31. The largest absolute Gasteiger partial charge is 0.463 e. The third kappa shape index (κ3) is 10.2. The summed E-state index contributed by atoms with van der Waals surface area (Å²) in [5.41, 5.74) is 10.7. The van der Waals surface area contributed by atoms with E-state index in [1.807, 2.05) is 19.9 Å². The third-order valence-electron chi connectivity index (χ3n) is 8.68. The van der Waals surface area contributed by atoms with E-state index < -0.39 is 0 Å². The Kier molecular flexibility index (Phi) is 14.9. The second-order valence-electron chi connectivity index (χ2n) is 12.8. The Morgan fingerprint density at radius 2 is 1.93 bits per heavy atom. The molecule has 0 radical (unpaired) electrons. The first kappa shape index (κ1) is 37.4. The highest BCUT2D eigenvalue weighted by Gasteiger charge is 2.31. The molecule has 0 fully saturated rings. The number of hydrogen-bond acceptors (Lipinski definition) is 8. The fraction of sp³-hybridized carbons (Fsp3) is 0.639. The second-order valence-corrected chi connectivity index (χ2v) is 13.6. The van der Waals surface area contributed by atoms with Crippen LogP contribution >= 0.6 is 15.9 Å². The van der Waals surface area contributed by atoms with Gasteiger partial charge in [-0.2, -0.15) is 9.97 Å². The molecule has 2 aliphatic rings. The molecule has 10 heteroatoms. The van der Waals surface area contributed by atoms with Crippen LogP contribution < -0.4 is 20.7 Å². The van der Waals surface area contributed by atoms with Crippen LogP contribution in [0.5, 0.6) is 6.01 Å². The Morgan fingerprint density at radius 1 is 1.20 bits per heavy atom. The number of nitrogens with two attached hydrogens (primary N) is 1. The fourth-order valence-electron chi connectivity index (χ4n) is 5.76. The quantitative estimate of drug-likeness (QED) is 0.135. The lowest BCUT2D eigenvalue weighted by atomic mass is 9.81. The third-order valence-corrected chi connectivity index (χ3v) is 9.29. The van der Waals surface area contributed by atoms with Crippen LogP contribution in [0.4, 0.5) is 5.82 Å². The normalized spacial score (nSPS) is 19.2. The van der Waals surface area contributed by atoms with Gasteiger partial charge in [0.15, 0.2) is 0 Å². The highest BCUT2D eigenvalue weighted by atomic mass is 79.9. The molecule has 1 aromatic rings. The Labute approximate surface area is 285 Å². The maximum atomic E-state index is 12.4. The van der Waals surface area contributed by atoms with Gasteiger partial charge in [0.25, 0.3) is 5.91 Å². The molecule has 46 heavy (non-hydrogen) atoms. The second kappa shape index (κ2) is 18.4. The number of halogens is 1. The lowest BCUT2D eigenvalue weighted by Crippen LogP contribution is -2.33. The number of rotatable bonds is 16. The number of anilines is 1. The number of likely N-dealkylation sites (N-methyl/N-ethyl adjacent to an activating group) is 1. The number of fused-ring (bicyclic) bond motifs is 1. The van der Waals surface area contributed by atoms with E-state index in [9.17, 15) is 4.79 Å². The monoisotopic (exact) mass is 697 g/mol. The zero-order valence-electron chi connectivity index (χ0n) is 29.2. The molecule has 2 heterocycles. The maximum absolute atomic E-state index is 12.4. The van der Waals surface area contributed by atoms with Crippen molar-refractivity contribution < 1.29 is 9.53 Å². The van der Waals surface area contributed by atoms with E-state index in [0.29, 0.717) is 32.3 Å². The molecule has 0 aromatic carbocycles. The predicted molar refractivity (Wildman–Crippen MR) is 197 cm³/mol. The van der Waals surface area contributed by atoms with Crippen LogP contribution in [0.1, 0.15) is 118 Å². The van der Waals surface area contributed by atoms with Crippen LogP contribution in [0, 0.1) is 5.41 Å². The number of allylic oxidation sites excluding steroid dienone is 3. The van der Waals surface area contributed by atoms with Crippen molar-refractivity contribution in [3.05, 3.63) is 33.6 Å². The highest BCUT2D eigenvalue weighted by molar-refractivity contribution is 9.12. The van der Waals surface area contributed by atoms with Crippen LogP contribution in [0.3, 0.4) is 0 Å². The van der Waals surface area contributed by atoms with Crippen molar-refractivity contribution in [3.63, 3.8) is 0 Å². The molecule has 2 unspecified atom stereocenters. The van der Waals surface area contributed by atoms with E-state index in [4.69, 9.17) is 30.4 Å². The topological polar surface area (TPSA) is 118 Å². The van der Waals surface area contributed by atoms with Crippen molar-refractivity contribution in [2.24, 2.45) is 21.1 Å². The van der Waals surface area contributed by atoms with E-state index in [0.717, 1.165) is 77.2 Å². The van der Waals surface area contributed by atoms with Crippen LogP contribution in [0.2, 0.25) is 0 Å². The smallest absolute Gasteiger partial charge is 0.318 e. The highest BCUT2D eigenvalue weighted by Crippen LogP contribution is 2.40. The molecule has 3 N–H and O–H groups in total. The van der Waals surface area contributed by atoms with E-state index in [2.05, 4.69) is 66.8 Å². The van der Waals surface area contributed by atoms with Crippen LogP contribution in [0.15, 0.2) is 32.3 Å². The van der Waals surface area contributed by atoms with Crippen LogP contribution in [-0.2, 0) is 4.79 Å². The summed E-state index contributed by atoms with van der Waals surface area (Å²) in [6, 6.07) is 0.536. The van der Waals surface area contributed by atoms with Gasteiger partial charge in [-0.05, 0) is 74.5 Å². The standard InChI is InChI=1S/C36H56BrN7O2/c1-8-13-15-18-36(7,17-14-9-2)24-46-35-42-30-22-28(37)32(41-25(6)10-3)27(11-4)31(30)33(43-35)44-20-16-19-40-26(23-44)21-29(38)34(45)39-12-5/h11,21-22,25H,8-10,12-20,23-24,38H2,1-7H3,(H,39,45)/b27-11-,29-21-,41-32?. The Hall–Kier alpha value is -3.01. The number of ether oxygens (including phenoxy) is 1. The summed E-state index contributed by atoms with van der Waals surface area (Å²) in [7, 11) is 0. The molecule has 0 saturated heterocycles. The van der Waals surface area contributed by atoms with Crippen molar-refractivity contribution in [1.29, 1.82) is 0 Å². The average molecular weight is 699 g/mol. The SMILES string of the molecule is C/C=C1\C(=NC(C)CC)C(Br)=Cc2nc(OCC(C)(CCCC)CCCCC)nc(N3CCCN=C(/C=C(\N)C(=O)NCC)C3)c21. The molecular formula is C36H56BrN7O2. The number of aliphatic imine (C=N–C) groups is 2. The molecule has 3 rings (SSSR count). The number of hydrogen-bond donors (Lipinski definition) is 2. The lowest BCUT2D eigenvalue weighted by molar-refractivity contribution is -0.117. The van der Waals surface area contributed by atoms with Gasteiger partial charge in [-0.25, -0.2) is 0 Å². The number of carbonyl (C=O) groups is 1. The minimum Gasteiger partial charge on any atom is -0.463 e. The molecule has 1 aromatic heterocycles. The van der Waals surface area contributed by atoms with Gasteiger partial charge in [-0.3, -0.25) is 14.8 Å². The van der Waals surface area contributed by atoms with Crippen molar-refractivity contribution in [1.82, 2.24) is 15.3 Å². The van der Waals surface area contributed by atoms with Gasteiger partial charge in [0, 0.05) is 41.1 Å². The summed E-state index contributed by atoms with van der Waals surface area (Å²) in [5.74, 6) is 0.486. The number of nitrogens with zero attached hydrogens (tertiary/aromatic N) is 5. The number of carbonyl (C=O) groups excluding carboxylic acids is 1. The molecule has 0 spiro atoms. The number of unbranched alkanes of at least 4 members (excludes halogenated alkanes) is 3. The first-order valence-electron chi connectivity index (χ1n) is 17.3. The first-order valence-corrected chi connectivity index (χ1v) is 18.1. The molecule has 254 valence electrons. The first-order chi connectivity index (χ1) is 22.1. The zero-order valence-corrected chi connectivity index (χ0v) is 30.8. The van der Waals surface area contributed by atoms with Crippen molar-refractivity contribution >= 4 is 50.7 Å². The molecule has 9 nitrogen and oxygen atoms in total. The Bertz CT molecular complexity index is 1350.